The SMILES string of the molecule is Cc1cccc2c(Cl)nc(-c3ccccc3F)nc12. The number of fused-ring (bicyclic) bond motifs is 1. The van der Waals surface area contributed by atoms with E-state index in [0.29, 0.717) is 16.5 Å². The van der Waals surface area contributed by atoms with Gasteiger partial charge in [-0.3, -0.25) is 0 Å². The number of benzene rings is 2. The fourth-order valence-corrected chi connectivity index (χ4v) is 2.25. The van der Waals surface area contributed by atoms with Crippen molar-refractivity contribution < 1.29 is 4.39 Å². The Morgan fingerprint density at radius 1 is 1.00 bits per heavy atom. The van der Waals surface area contributed by atoms with Crippen LogP contribution < -0.4 is 0 Å². The zero-order valence-electron chi connectivity index (χ0n) is 10.2. The molecule has 0 N–H and O–H groups in total. The minimum atomic E-state index is -0.355. The Labute approximate surface area is 114 Å². The number of para-hydroxylation sites is 1. The van der Waals surface area contributed by atoms with Crippen LogP contribution in [0.15, 0.2) is 42.5 Å². The van der Waals surface area contributed by atoms with Crippen LogP contribution in [0.5, 0.6) is 0 Å². The van der Waals surface area contributed by atoms with Crippen molar-refractivity contribution in [3.05, 3.63) is 59.0 Å². The first-order valence-electron chi connectivity index (χ1n) is 5.84. The van der Waals surface area contributed by atoms with Gasteiger partial charge in [-0.2, -0.15) is 0 Å². The van der Waals surface area contributed by atoms with Crippen LogP contribution >= 0.6 is 11.6 Å². The predicted octanol–water partition coefficient (Wildman–Crippen LogP) is 4.40. The maximum Gasteiger partial charge on any atom is 0.164 e. The van der Waals surface area contributed by atoms with E-state index in [1.165, 1.54) is 6.07 Å². The van der Waals surface area contributed by atoms with Gasteiger partial charge in [-0.25, -0.2) is 14.4 Å². The Bertz CT molecular complexity index is 771. The molecular formula is C15H10ClFN2. The third-order valence-electron chi connectivity index (χ3n) is 3.00. The van der Waals surface area contributed by atoms with Crippen molar-refractivity contribution in [2.45, 2.75) is 6.92 Å². The summed E-state index contributed by atoms with van der Waals surface area (Å²) in [7, 11) is 0. The van der Waals surface area contributed by atoms with Crippen LogP contribution in [0.25, 0.3) is 22.3 Å². The zero-order valence-corrected chi connectivity index (χ0v) is 10.9. The molecule has 0 saturated carbocycles. The number of nitrogens with zero attached hydrogens (tertiary/aromatic N) is 2. The van der Waals surface area contributed by atoms with Gasteiger partial charge in [0.2, 0.25) is 0 Å². The van der Waals surface area contributed by atoms with Crippen LogP contribution in [-0.4, -0.2) is 9.97 Å². The second-order valence-corrected chi connectivity index (χ2v) is 4.65. The van der Waals surface area contributed by atoms with Crippen molar-refractivity contribution in [2.75, 3.05) is 0 Å². The van der Waals surface area contributed by atoms with E-state index in [2.05, 4.69) is 9.97 Å². The van der Waals surface area contributed by atoms with Crippen molar-refractivity contribution >= 4 is 22.5 Å². The Hall–Kier alpha value is -2.00. The molecule has 0 aliphatic rings. The van der Waals surface area contributed by atoms with Crippen molar-refractivity contribution in [1.82, 2.24) is 9.97 Å². The number of aryl methyl sites for hydroxylation is 1. The minimum Gasteiger partial charge on any atom is -0.228 e. The van der Waals surface area contributed by atoms with Crippen LogP contribution in [0.4, 0.5) is 4.39 Å². The zero-order chi connectivity index (χ0) is 13.4. The van der Waals surface area contributed by atoms with Gasteiger partial charge in [-0.05, 0) is 30.7 Å². The van der Waals surface area contributed by atoms with Gasteiger partial charge < -0.3 is 0 Å². The Kier molecular flexibility index (Phi) is 2.91. The van der Waals surface area contributed by atoms with E-state index in [-0.39, 0.29) is 5.82 Å². The Balaban J connectivity index is 2.33. The number of halogens is 2. The van der Waals surface area contributed by atoms with E-state index >= 15 is 0 Å². The van der Waals surface area contributed by atoms with E-state index in [1.807, 2.05) is 25.1 Å². The molecule has 0 bridgehead atoms. The monoisotopic (exact) mass is 272 g/mol. The lowest BCUT2D eigenvalue weighted by molar-refractivity contribution is 0.630. The third-order valence-corrected chi connectivity index (χ3v) is 3.28. The predicted molar refractivity (Wildman–Crippen MR) is 74.7 cm³/mol. The first kappa shape index (κ1) is 12.1. The van der Waals surface area contributed by atoms with Gasteiger partial charge in [-0.15, -0.1) is 0 Å². The molecule has 0 spiro atoms. The van der Waals surface area contributed by atoms with E-state index in [1.54, 1.807) is 18.2 Å². The topological polar surface area (TPSA) is 25.8 Å². The number of hydrogen-bond donors (Lipinski definition) is 0. The summed E-state index contributed by atoms with van der Waals surface area (Å²) in [5.41, 5.74) is 2.09. The van der Waals surface area contributed by atoms with E-state index < -0.39 is 0 Å². The molecule has 94 valence electrons. The average molecular weight is 273 g/mol. The second kappa shape index (κ2) is 4.59. The summed E-state index contributed by atoms with van der Waals surface area (Å²) in [6.45, 7) is 1.94. The molecule has 0 fully saturated rings. The first-order valence-corrected chi connectivity index (χ1v) is 6.22. The van der Waals surface area contributed by atoms with Crippen molar-refractivity contribution in [1.29, 1.82) is 0 Å². The number of rotatable bonds is 1. The maximum atomic E-state index is 13.8. The van der Waals surface area contributed by atoms with Crippen LogP contribution in [0.1, 0.15) is 5.56 Å². The molecule has 1 aromatic heterocycles. The van der Waals surface area contributed by atoms with Gasteiger partial charge >= 0.3 is 0 Å². The first-order chi connectivity index (χ1) is 9.16. The highest BCUT2D eigenvalue weighted by atomic mass is 35.5. The molecule has 2 nitrogen and oxygen atoms in total. The quantitative estimate of drug-likeness (QED) is 0.614. The van der Waals surface area contributed by atoms with Crippen LogP contribution in [0, 0.1) is 12.7 Å². The molecular weight excluding hydrogens is 263 g/mol. The summed E-state index contributed by atoms with van der Waals surface area (Å²) < 4.78 is 13.8. The highest BCUT2D eigenvalue weighted by Gasteiger charge is 2.12. The number of aromatic nitrogens is 2. The molecule has 3 rings (SSSR count). The van der Waals surface area contributed by atoms with Crippen LogP contribution in [0.2, 0.25) is 5.15 Å². The lowest BCUT2D eigenvalue weighted by Crippen LogP contribution is -1.95. The average Bonchev–Trinajstić information content (AvgIpc) is 2.40. The summed E-state index contributed by atoms with van der Waals surface area (Å²) in [4.78, 5) is 8.62. The highest BCUT2D eigenvalue weighted by molar-refractivity contribution is 6.34. The van der Waals surface area contributed by atoms with Gasteiger partial charge in [-0.1, -0.05) is 35.9 Å². The smallest absolute Gasteiger partial charge is 0.164 e. The lowest BCUT2D eigenvalue weighted by Gasteiger charge is -2.07. The van der Waals surface area contributed by atoms with Gasteiger partial charge in [0.1, 0.15) is 11.0 Å². The normalized spacial score (nSPS) is 10.9. The van der Waals surface area contributed by atoms with Gasteiger partial charge in [0.05, 0.1) is 11.1 Å². The molecule has 0 radical (unpaired) electrons. The summed E-state index contributed by atoms with van der Waals surface area (Å²) in [5, 5.41) is 1.12. The molecule has 0 saturated heterocycles. The summed E-state index contributed by atoms with van der Waals surface area (Å²) in [5.74, 6) is -0.0450. The van der Waals surface area contributed by atoms with Gasteiger partial charge in [0.15, 0.2) is 5.82 Å². The van der Waals surface area contributed by atoms with Crippen molar-refractivity contribution in [3.8, 4) is 11.4 Å². The molecule has 2 aromatic carbocycles. The molecule has 0 aliphatic heterocycles. The third kappa shape index (κ3) is 2.06. The fraction of sp³-hybridized carbons (Fsp3) is 0.0667. The molecule has 0 amide bonds. The van der Waals surface area contributed by atoms with Gasteiger partial charge in [0, 0.05) is 5.39 Å². The van der Waals surface area contributed by atoms with E-state index in [0.717, 1.165) is 16.5 Å². The molecule has 0 aliphatic carbocycles. The van der Waals surface area contributed by atoms with Gasteiger partial charge in [0.25, 0.3) is 0 Å². The fourth-order valence-electron chi connectivity index (χ4n) is 2.02. The molecule has 1 heterocycles. The van der Waals surface area contributed by atoms with E-state index in [4.69, 9.17) is 11.6 Å². The molecule has 4 heteroatoms. The van der Waals surface area contributed by atoms with Crippen LogP contribution in [0.3, 0.4) is 0 Å². The second-order valence-electron chi connectivity index (χ2n) is 4.29. The summed E-state index contributed by atoms with van der Waals surface area (Å²) >= 11 is 6.16. The molecule has 0 unspecified atom stereocenters. The largest absolute Gasteiger partial charge is 0.228 e. The maximum absolute atomic E-state index is 13.8. The standard InChI is InChI=1S/C15H10ClFN2/c1-9-5-4-7-11-13(9)18-15(19-14(11)16)10-6-2-3-8-12(10)17/h2-8H,1H3. The van der Waals surface area contributed by atoms with Crippen molar-refractivity contribution in [2.24, 2.45) is 0 Å². The molecule has 3 aromatic rings. The summed E-state index contributed by atoms with van der Waals surface area (Å²) in [6.07, 6.45) is 0. The molecule has 0 atom stereocenters. The highest BCUT2D eigenvalue weighted by Crippen LogP contribution is 2.27. The number of hydrogen-bond acceptors (Lipinski definition) is 2. The van der Waals surface area contributed by atoms with Crippen molar-refractivity contribution in [3.63, 3.8) is 0 Å². The summed E-state index contributed by atoms with van der Waals surface area (Å²) in [6, 6.07) is 12.1. The minimum absolute atomic E-state index is 0.310. The van der Waals surface area contributed by atoms with E-state index in [9.17, 15) is 4.39 Å². The van der Waals surface area contributed by atoms with Crippen LogP contribution in [-0.2, 0) is 0 Å². The Morgan fingerprint density at radius 3 is 2.58 bits per heavy atom. The Morgan fingerprint density at radius 2 is 1.79 bits per heavy atom. The lowest BCUT2D eigenvalue weighted by atomic mass is 10.1. The molecule has 19 heavy (non-hydrogen) atoms.